The third-order valence-corrected chi connectivity index (χ3v) is 4.45. The smallest absolute Gasteiger partial charge is 0.264 e. The maximum absolute atomic E-state index is 11.8. The van der Waals surface area contributed by atoms with Gasteiger partial charge in [0.1, 0.15) is 12.4 Å². The van der Waals surface area contributed by atoms with Crippen molar-refractivity contribution in [3.8, 4) is 16.9 Å². The number of amides is 1. The third-order valence-electron chi connectivity index (χ3n) is 3.89. The maximum Gasteiger partial charge on any atom is 0.264 e. The van der Waals surface area contributed by atoms with Gasteiger partial charge in [-0.1, -0.05) is 54.6 Å². The van der Waals surface area contributed by atoms with Gasteiger partial charge in [0, 0.05) is 5.56 Å². The lowest BCUT2D eigenvalue weighted by Crippen LogP contribution is -2.29. The number of hydrogen-bond acceptors (Lipinski definition) is 4. The second-order valence-corrected chi connectivity index (χ2v) is 7.79. The Balaban J connectivity index is 1.70. The molecule has 3 rings (SSSR count). The van der Waals surface area contributed by atoms with E-state index < -0.39 is 15.9 Å². The van der Waals surface area contributed by atoms with Gasteiger partial charge >= 0.3 is 0 Å². The lowest BCUT2D eigenvalue weighted by molar-refractivity contribution is 0.0981. The molecule has 3 aromatic rings. The number of benzene rings is 3. The van der Waals surface area contributed by atoms with Gasteiger partial charge in [0.05, 0.1) is 6.26 Å². The molecule has 1 N–H and O–H groups in total. The van der Waals surface area contributed by atoms with E-state index in [-0.39, 0.29) is 5.56 Å². The minimum absolute atomic E-state index is 0.248. The van der Waals surface area contributed by atoms with Crippen LogP contribution in [0, 0.1) is 0 Å². The fourth-order valence-electron chi connectivity index (χ4n) is 2.64. The van der Waals surface area contributed by atoms with Crippen molar-refractivity contribution in [2.24, 2.45) is 0 Å². The van der Waals surface area contributed by atoms with E-state index in [4.69, 9.17) is 4.74 Å². The molecule has 1 amide bonds. The Labute approximate surface area is 158 Å². The molecule has 0 heterocycles. The molecule has 0 aliphatic heterocycles. The zero-order chi connectivity index (χ0) is 19.3. The molecule has 138 valence electrons. The van der Waals surface area contributed by atoms with Crippen molar-refractivity contribution in [2.45, 2.75) is 6.61 Å². The van der Waals surface area contributed by atoms with Crippen LogP contribution < -0.4 is 9.46 Å². The van der Waals surface area contributed by atoms with Crippen molar-refractivity contribution in [1.82, 2.24) is 4.72 Å². The minimum Gasteiger partial charge on any atom is -0.489 e. The molecule has 0 bridgehead atoms. The molecule has 0 saturated carbocycles. The molecular formula is C21H19NO4S. The molecule has 6 heteroatoms. The van der Waals surface area contributed by atoms with Crippen molar-refractivity contribution < 1.29 is 17.9 Å². The predicted octanol–water partition coefficient (Wildman–Crippen LogP) is 3.62. The van der Waals surface area contributed by atoms with E-state index in [0.29, 0.717) is 12.4 Å². The van der Waals surface area contributed by atoms with Gasteiger partial charge in [0.15, 0.2) is 0 Å². The summed E-state index contributed by atoms with van der Waals surface area (Å²) in [6.45, 7) is 0.375. The Morgan fingerprint density at radius 1 is 0.889 bits per heavy atom. The number of ether oxygens (including phenoxy) is 1. The molecule has 5 nitrogen and oxygen atoms in total. The monoisotopic (exact) mass is 381 g/mol. The maximum atomic E-state index is 11.8. The van der Waals surface area contributed by atoms with Crippen LogP contribution in [-0.4, -0.2) is 20.6 Å². The average molecular weight is 381 g/mol. The highest BCUT2D eigenvalue weighted by atomic mass is 32.2. The van der Waals surface area contributed by atoms with Crippen molar-refractivity contribution in [2.75, 3.05) is 6.26 Å². The second kappa shape index (κ2) is 8.05. The van der Waals surface area contributed by atoms with Crippen molar-refractivity contribution in [3.63, 3.8) is 0 Å². The van der Waals surface area contributed by atoms with E-state index in [9.17, 15) is 13.2 Å². The van der Waals surface area contributed by atoms with Crippen molar-refractivity contribution >= 4 is 15.9 Å². The van der Waals surface area contributed by atoms with E-state index in [0.717, 1.165) is 22.9 Å². The zero-order valence-electron chi connectivity index (χ0n) is 14.8. The summed E-state index contributed by atoms with van der Waals surface area (Å²) in [6.07, 6.45) is 0.937. The van der Waals surface area contributed by atoms with Crippen LogP contribution in [0.3, 0.4) is 0 Å². The Bertz CT molecular complexity index is 1030. The summed E-state index contributed by atoms with van der Waals surface area (Å²) < 4.78 is 30.0. The lowest BCUT2D eigenvalue weighted by atomic mass is 10.0. The first kappa shape index (κ1) is 18.7. The molecule has 0 radical (unpaired) electrons. The van der Waals surface area contributed by atoms with Gasteiger partial charge in [-0.15, -0.1) is 0 Å². The highest BCUT2D eigenvalue weighted by Gasteiger charge is 2.11. The fraction of sp³-hybridized carbons (Fsp3) is 0.0952. The number of hydrogen-bond donors (Lipinski definition) is 1. The molecule has 0 aliphatic rings. The van der Waals surface area contributed by atoms with E-state index in [1.165, 1.54) is 12.1 Å². The van der Waals surface area contributed by atoms with Crippen LogP contribution in [0.5, 0.6) is 5.75 Å². The van der Waals surface area contributed by atoms with Crippen molar-refractivity contribution in [3.05, 3.63) is 90.0 Å². The highest BCUT2D eigenvalue weighted by molar-refractivity contribution is 7.89. The summed E-state index contributed by atoms with van der Waals surface area (Å²) in [5.74, 6) is -0.0766. The quantitative estimate of drug-likeness (QED) is 0.708. The Morgan fingerprint density at radius 2 is 1.52 bits per heavy atom. The van der Waals surface area contributed by atoms with Crippen LogP contribution in [0.25, 0.3) is 11.1 Å². The van der Waals surface area contributed by atoms with E-state index >= 15 is 0 Å². The van der Waals surface area contributed by atoms with E-state index in [2.05, 4.69) is 0 Å². The highest BCUT2D eigenvalue weighted by Crippen LogP contribution is 2.24. The Morgan fingerprint density at radius 3 is 2.19 bits per heavy atom. The predicted molar refractivity (Wildman–Crippen MR) is 105 cm³/mol. The van der Waals surface area contributed by atoms with E-state index in [1.807, 2.05) is 59.3 Å². The van der Waals surface area contributed by atoms with Crippen LogP contribution in [0.4, 0.5) is 0 Å². The van der Waals surface area contributed by atoms with Gasteiger partial charge in [-0.25, -0.2) is 13.1 Å². The normalized spacial score (nSPS) is 11.0. The molecule has 0 aliphatic carbocycles. The van der Waals surface area contributed by atoms with Crippen LogP contribution in [-0.2, 0) is 16.6 Å². The third kappa shape index (κ3) is 5.18. The zero-order valence-corrected chi connectivity index (χ0v) is 15.6. The van der Waals surface area contributed by atoms with Gasteiger partial charge in [-0.05, 0) is 41.0 Å². The molecule has 0 fully saturated rings. The van der Waals surface area contributed by atoms with Gasteiger partial charge < -0.3 is 4.74 Å². The molecule has 0 atom stereocenters. The summed E-state index contributed by atoms with van der Waals surface area (Å²) in [6, 6.07) is 24.4. The first-order valence-corrected chi connectivity index (χ1v) is 10.2. The summed E-state index contributed by atoms with van der Waals surface area (Å²) in [5, 5.41) is 0. The Hall–Kier alpha value is -3.12. The minimum atomic E-state index is -3.59. The molecule has 0 unspecified atom stereocenters. The van der Waals surface area contributed by atoms with Crippen LogP contribution in [0.1, 0.15) is 15.9 Å². The van der Waals surface area contributed by atoms with Gasteiger partial charge in [0.2, 0.25) is 10.0 Å². The molecule has 27 heavy (non-hydrogen) atoms. The van der Waals surface area contributed by atoms with Crippen LogP contribution >= 0.6 is 0 Å². The second-order valence-electron chi connectivity index (χ2n) is 6.04. The number of carbonyl (C=O) groups is 1. The Kier molecular flexibility index (Phi) is 5.57. The molecule has 0 spiro atoms. The topological polar surface area (TPSA) is 72.5 Å². The van der Waals surface area contributed by atoms with E-state index in [1.54, 1.807) is 12.1 Å². The standard InChI is InChI=1S/C21H19NO4S/c1-27(24,25)22-21(23)17-11-13-19(14-12-17)26-15-18-9-5-6-10-20(18)16-7-3-2-4-8-16/h2-14H,15H2,1H3,(H,22,23). The molecule has 0 saturated heterocycles. The summed E-state index contributed by atoms with van der Waals surface area (Å²) in [5.41, 5.74) is 3.51. The lowest BCUT2D eigenvalue weighted by Gasteiger charge is -2.12. The molecular weight excluding hydrogens is 362 g/mol. The van der Waals surface area contributed by atoms with Crippen molar-refractivity contribution in [1.29, 1.82) is 0 Å². The first-order chi connectivity index (χ1) is 12.9. The van der Waals surface area contributed by atoms with Crippen LogP contribution in [0.15, 0.2) is 78.9 Å². The van der Waals surface area contributed by atoms with Crippen LogP contribution in [0.2, 0.25) is 0 Å². The summed E-state index contributed by atoms with van der Waals surface area (Å²) in [4.78, 5) is 11.8. The SMILES string of the molecule is CS(=O)(=O)NC(=O)c1ccc(OCc2ccccc2-c2ccccc2)cc1. The summed E-state index contributed by atoms with van der Waals surface area (Å²) >= 11 is 0. The first-order valence-electron chi connectivity index (χ1n) is 8.31. The fourth-order valence-corrected chi connectivity index (χ4v) is 3.09. The number of sulfonamides is 1. The molecule has 3 aromatic carbocycles. The van der Waals surface area contributed by atoms with Gasteiger partial charge in [0.25, 0.3) is 5.91 Å². The van der Waals surface area contributed by atoms with Gasteiger partial charge in [-0.2, -0.15) is 0 Å². The van der Waals surface area contributed by atoms with Gasteiger partial charge in [-0.3, -0.25) is 4.79 Å². The number of carbonyl (C=O) groups excluding carboxylic acids is 1. The summed E-state index contributed by atoms with van der Waals surface area (Å²) in [7, 11) is -3.59. The average Bonchev–Trinajstić information content (AvgIpc) is 2.66. The largest absolute Gasteiger partial charge is 0.489 e. The molecule has 0 aromatic heterocycles. The number of nitrogens with one attached hydrogen (secondary N) is 1. The number of rotatable bonds is 6.